The van der Waals surface area contributed by atoms with E-state index in [9.17, 15) is 14.9 Å². The molecule has 23 heavy (non-hydrogen) atoms. The predicted octanol–water partition coefficient (Wildman–Crippen LogP) is 4.25. The van der Waals surface area contributed by atoms with Crippen LogP contribution in [-0.2, 0) is 4.74 Å². The van der Waals surface area contributed by atoms with Gasteiger partial charge in [-0.15, -0.1) is 0 Å². The Kier molecular flexibility index (Phi) is 5.95. The molecule has 2 aromatic rings. The zero-order valence-corrected chi connectivity index (χ0v) is 14.0. The van der Waals surface area contributed by atoms with Crippen LogP contribution in [0.2, 0.25) is 5.02 Å². The number of ether oxygens (including phenoxy) is 2. The average Bonchev–Trinajstić information content (AvgIpc) is 2.51. The van der Waals surface area contributed by atoms with E-state index in [1.54, 1.807) is 18.2 Å². The number of carbonyl (C=O) groups excluding carboxylic acids is 1. The smallest absolute Gasteiger partial charge is 0.345 e. The number of nitro groups is 1. The van der Waals surface area contributed by atoms with Crippen molar-refractivity contribution in [3.63, 3.8) is 0 Å². The SMILES string of the molecule is O=C(OCCOc1cccc(Br)c1)c1cc(Cl)ccc1[N+](=O)[O-]. The maximum atomic E-state index is 11.9. The number of hydrogen-bond acceptors (Lipinski definition) is 5. The van der Waals surface area contributed by atoms with Gasteiger partial charge in [0.2, 0.25) is 0 Å². The molecule has 0 aliphatic heterocycles. The second kappa shape index (κ2) is 7.94. The second-order valence-corrected chi connectivity index (χ2v) is 5.71. The third kappa shape index (κ3) is 4.94. The van der Waals surface area contributed by atoms with E-state index in [1.165, 1.54) is 12.1 Å². The second-order valence-electron chi connectivity index (χ2n) is 4.36. The fraction of sp³-hybridized carbons (Fsp3) is 0.133. The van der Waals surface area contributed by atoms with Gasteiger partial charge in [0.1, 0.15) is 24.5 Å². The normalized spacial score (nSPS) is 10.2. The Hall–Kier alpha value is -2.12. The number of benzene rings is 2. The molecule has 0 spiro atoms. The molecule has 0 N–H and O–H groups in total. The number of nitrogens with zero attached hydrogens (tertiary/aromatic N) is 1. The third-order valence-electron chi connectivity index (χ3n) is 2.76. The number of nitro benzene ring substituents is 1. The fourth-order valence-corrected chi connectivity index (χ4v) is 2.31. The number of esters is 1. The summed E-state index contributed by atoms with van der Waals surface area (Å²) in [5, 5.41) is 11.1. The monoisotopic (exact) mass is 399 g/mol. The highest BCUT2D eigenvalue weighted by Crippen LogP contribution is 2.23. The Morgan fingerprint density at radius 3 is 2.70 bits per heavy atom. The van der Waals surface area contributed by atoms with E-state index in [0.29, 0.717) is 5.75 Å². The van der Waals surface area contributed by atoms with E-state index in [-0.39, 0.29) is 29.5 Å². The van der Waals surface area contributed by atoms with Gasteiger partial charge >= 0.3 is 5.97 Å². The lowest BCUT2D eigenvalue weighted by atomic mass is 10.2. The maximum absolute atomic E-state index is 11.9. The minimum absolute atomic E-state index is 0.0466. The summed E-state index contributed by atoms with van der Waals surface area (Å²) in [6, 6.07) is 10.9. The molecule has 120 valence electrons. The van der Waals surface area contributed by atoms with Crippen molar-refractivity contribution in [1.29, 1.82) is 0 Å². The van der Waals surface area contributed by atoms with Crippen molar-refractivity contribution in [1.82, 2.24) is 0 Å². The van der Waals surface area contributed by atoms with Crippen molar-refractivity contribution in [3.8, 4) is 5.75 Å². The molecule has 0 amide bonds. The van der Waals surface area contributed by atoms with Crippen LogP contribution in [0.1, 0.15) is 10.4 Å². The average molecular weight is 401 g/mol. The molecule has 2 rings (SSSR count). The summed E-state index contributed by atoms with van der Waals surface area (Å²) in [6.45, 7) is 0.0750. The molecule has 0 fully saturated rings. The van der Waals surface area contributed by atoms with Gasteiger partial charge in [-0.1, -0.05) is 33.6 Å². The first-order valence-electron chi connectivity index (χ1n) is 6.47. The molecule has 0 heterocycles. The Bertz CT molecular complexity index is 738. The highest BCUT2D eigenvalue weighted by atomic mass is 79.9. The van der Waals surface area contributed by atoms with Gasteiger partial charge in [0.15, 0.2) is 0 Å². The van der Waals surface area contributed by atoms with Gasteiger partial charge in [-0.05, 0) is 30.3 Å². The van der Waals surface area contributed by atoms with Crippen LogP contribution in [-0.4, -0.2) is 24.1 Å². The van der Waals surface area contributed by atoms with Crippen LogP contribution in [0, 0.1) is 10.1 Å². The van der Waals surface area contributed by atoms with Crippen LogP contribution in [0.25, 0.3) is 0 Å². The fourth-order valence-electron chi connectivity index (χ4n) is 1.76. The molecular formula is C15H11BrClNO5. The largest absolute Gasteiger partial charge is 0.490 e. The summed E-state index contributed by atoms with van der Waals surface area (Å²) in [4.78, 5) is 22.2. The van der Waals surface area contributed by atoms with Crippen LogP contribution in [0.3, 0.4) is 0 Å². The molecule has 6 nitrogen and oxygen atoms in total. The van der Waals surface area contributed by atoms with Gasteiger partial charge in [0.05, 0.1) is 4.92 Å². The number of carbonyl (C=O) groups is 1. The van der Waals surface area contributed by atoms with E-state index in [2.05, 4.69) is 15.9 Å². The van der Waals surface area contributed by atoms with E-state index >= 15 is 0 Å². The molecular weight excluding hydrogens is 390 g/mol. The molecule has 0 aliphatic carbocycles. The molecule has 0 aliphatic rings. The third-order valence-corrected chi connectivity index (χ3v) is 3.48. The molecule has 0 radical (unpaired) electrons. The zero-order valence-electron chi connectivity index (χ0n) is 11.7. The Morgan fingerprint density at radius 1 is 1.22 bits per heavy atom. The number of hydrogen-bond donors (Lipinski definition) is 0. The molecule has 0 bridgehead atoms. The highest BCUT2D eigenvalue weighted by molar-refractivity contribution is 9.10. The van der Waals surface area contributed by atoms with Crippen LogP contribution >= 0.6 is 27.5 Å². The lowest BCUT2D eigenvalue weighted by Crippen LogP contribution is -2.13. The van der Waals surface area contributed by atoms with Gasteiger partial charge in [-0.3, -0.25) is 10.1 Å². The summed E-state index contributed by atoms with van der Waals surface area (Å²) < 4.78 is 11.3. The molecule has 0 saturated carbocycles. The topological polar surface area (TPSA) is 78.7 Å². The number of halogens is 2. The van der Waals surface area contributed by atoms with Crippen molar-refractivity contribution < 1.29 is 19.2 Å². The van der Waals surface area contributed by atoms with Crippen LogP contribution in [0.4, 0.5) is 5.69 Å². The summed E-state index contributed by atoms with van der Waals surface area (Å²) in [5.41, 5.74) is -0.544. The number of rotatable bonds is 6. The van der Waals surface area contributed by atoms with E-state index < -0.39 is 10.9 Å². The van der Waals surface area contributed by atoms with Gasteiger partial charge in [0, 0.05) is 15.6 Å². The first-order chi connectivity index (χ1) is 11.0. The molecule has 0 unspecified atom stereocenters. The predicted molar refractivity (Wildman–Crippen MR) is 88.0 cm³/mol. The van der Waals surface area contributed by atoms with E-state index in [1.807, 2.05) is 6.07 Å². The maximum Gasteiger partial charge on any atom is 0.345 e. The van der Waals surface area contributed by atoms with Crippen molar-refractivity contribution in [2.45, 2.75) is 0 Å². The molecule has 0 atom stereocenters. The van der Waals surface area contributed by atoms with Crippen molar-refractivity contribution >= 4 is 39.2 Å². The standard InChI is InChI=1S/C15H11BrClNO5/c16-10-2-1-3-12(8-10)22-6-7-23-15(19)13-9-11(17)4-5-14(13)18(20)21/h1-5,8-9H,6-7H2. The Labute approximate surface area is 145 Å². The lowest BCUT2D eigenvalue weighted by molar-refractivity contribution is -0.385. The van der Waals surface area contributed by atoms with Gasteiger partial charge in [-0.2, -0.15) is 0 Å². The molecule has 0 saturated heterocycles. The van der Waals surface area contributed by atoms with Crippen molar-refractivity contribution in [2.75, 3.05) is 13.2 Å². The summed E-state index contributed by atoms with van der Waals surface area (Å²) in [6.07, 6.45) is 0. The van der Waals surface area contributed by atoms with Crippen LogP contribution in [0.5, 0.6) is 5.75 Å². The van der Waals surface area contributed by atoms with E-state index in [0.717, 1.165) is 10.5 Å². The highest BCUT2D eigenvalue weighted by Gasteiger charge is 2.21. The van der Waals surface area contributed by atoms with Gasteiger partial charge < -0.3 is 9.47 Å². The molecule has 0 aromatic heterocycles. The van der Waals surface area contributed by atoms with Gasteiger partial charge in [0.25, 0.3) is 5.69 Å². The Morgan fingerprint density at radius 2 is 2.00 bits per heavy atom. The first-order valence-corrected chi connectivity index (χ1v) is 7.64. The minimum atomic E-state index is -0.822. The van der Waals surface area contributed by atoms with Crippen LogP contribution in [0.15, 0.2) is 46.9 Å². The van der Waals surface area contributed by atoms with Crippen molar-refractivity contribution in [2.24, 2.45) is 0 Å². The Balaban J connectivity index is 1.92. The minimum Gasteiger partial charge on any atom is -0.490 e. The molecule has 8 heteroatoms. The zero-order chi connectivity index (χ0) is 16.8. The van der Waals surface area contributed by atoms with Crippen molar-refractivity contribution in [3.05, 3.63) is 67.6 Å². The quantitative estimate of drug-likeness (QED) is 0.313. The lowest BCUT2D eigenvalue weighted by Gasteiger charge is -2.08. The van der Waals surface area contributed by atoms with E-state index in [4.69, 9.17) is 21.1 Å². The molecule has 2 aromatic carbocycles. The summed E-state index contributed by atoms with van der Waals surface area (Å²) in [7, 11) is 0. The summed E-state index contributed by atoms with van der Waals surface area (Å²) >= 11 is 9.07. The van der Waals surface area contributed by atoms with Crippen LogP contribution < -0.4 is 4.74 Å². The summed E-state index contributed by atoms with van der Waals surface area (Å²) in [5.74, 6) is -0.207. The van der Waals surface area contributed by atoms with Gasteiger partial charge in [-0.25, -0.2) is 4.79 Å². The first kappa shape index (κ1) is 17.2.